The Bertz CT molecular complexity index is 384. The van der Waals surface area contributed by atoms with E-state index in [0.717, 1.165) is 11.3 Å². The van der Waals surface area contributed by atoms with E-state index in [1.54, 1.807) is 0 Å². The number of aryl methyl sites for hydroxylation is 1. The molecule has 0 saturated carbocycles. The molecule has 0 aliphatic heterocycles. The van der Waals surface area contributed by atoms with Gasteiger partial charge in [0, 0.05) is 6.42 Å². The second-order valence-corrected chi connectivity index (χ2v) is 4.53. The monoisotopic (exact) mass is 266 g/mol. The summed E-state index contributed by atoms with van der Waals surface area (Å²) >= 11 is 0. The lowest BCUT2D eigenvalue weighted by molar-refractivity contribution is -0.137. The third-order valence-electron chi connectivity index (χ3n) is 2.67. The number of carboxylic acids is 1. The summed E-state index contributed by atoms with van der Waals surface area (Å²) in [6.07, 6.45) is 0.698. The van der Waals surface area contributed by atoms with Crippen molar-refractivity contribution in [2.24, 2.45) is 0 Å². The highest BCUT2D eigenvalue weighted by Gasteiger charge is 2.05. The standard InChI is InChI=1S/C14H20O3.C2H6/c1-10(2)12-7-6-11(3)13(9-12)17-8-4-5-14(15)16;1-2/h6-7,9-10H,4-5,8H2,1-3H3,(H,15,16);1-2H3. The first-order valence-electron chi connectivity index (χ1n) is 6.96. The van der Waals surface area contributed by atoms with E-state index in [2.05, 4.69) is 19.9 Å². The number of hydrogen-bond donors (Lipinski definition) is 1. The molecule has 0 atom stereocenters. The van der Waals surface area contributed by atoms with Gasteiger partial charge in [-0.1, -0.05) is 39.8 Å². The number of hydrogen-bond acceptors (Lipinski definition) is 2. The van der Waals surface area contributed by atoms with Gasteiger partial charge in [0.25, 0.3) is 0 Å². The second kappa shape index (κ2) is 9.42. The van der Waals surface area contributed by atoms with Crippen LogP contribution in [0.5, 0.6) is 5.75 Å². The predicted octanol–water partition coefficient (Wildman–Crippen LogP) is 4.39. The van der Waals surface area contributed by atoms with E-state index in [4.69, 9.17) is 9.84 Å². The Morgan fingerprint density at radius 2 is 1.95 bits per heavy atom. The fourth-order valence-electron chi connectivity index (χ4n) is 1.54. The summed E-state index contributed by atoms with van der Waals surface area (Å²) in [5.41, 5.74) is 2.33. The fourth-order valence-corrected chi connectivity index (χ4v) is 1.54. The molecule has 1 rings (SSSR count). The minimum Gasteiger partial charge on any atom is -0.493 e. The van der Waals surface area contributed by atoms with Crippen LogP contribution in [-0.2, 0) is 4.79 Å². The van der Waals surface area contributed by atoms with Crippen molar-refractivity contribution in [3.63, 3.8) is 0 Å². The second-order valence-electron chi connectivity index (χ2n) is 4.53. The maximum Gasteiger partial charge on any atom is 0.303 e. The molecule has 1 aromatic carbocycles. The molecule has 0 spiro atoms. The molecule has 0 aromatic heterocycles. The third kappa shape index (κ3) is 6.85. The van der Waals surface area contributed by atoms with Crippen molar-refractivity contribution in [1.82, 2.24) is 0 Å². The quantitative estimate of drug-likeness (QED) is 0.777. The molecule has 0 aliphatic carbocycles. The summed E-state index contributed by atoms with van der Waals surface area (Å²) in [5, 5.41) is 8.53. The number of carboxylic acid groups (broad SMARTS) is 1. The lowest BCUT2D eigenvalue weighted by atomic mass is 10.0. The van der Waals surface area contributed by atoms with Crippen molar-refractivity contribution in [2.45, 2.75) is 53.4 Å². The van der Waals surface area contributed by atoms with Crippen LogP contribution in [0.2, 0.25) is 0 Å². The van der Waals surface area contributed by atoms with Gasteiger partial charge in [-0.3, -0.25) is 4.79 Å². The molecule has 0 fully saturated rings. The molecule has 19 heavy (non-hydrogen) atoms. The van der Waals surface area contributed by atoms with Crippen LogP contribution in [0.1, 0.15) is 57.6 Å². The van der Waals surface area contributed by atoms with Crippen LogP contribution in [0.4, 0.5) is 0 Å². The maximum atomic E-state index is 10.4. The lowest BCUT2D eigenvalue weighted by Gasteiger charge is -2.12. The van der Waals surface area contributed by atoms with Gasteiger partial charge < -0.3 is 9.84 Å². The van der Waals surface area contributed by atoms with Gasteiger partial charge in [-0.15, -0.1) is 0 Å². The summed E-state index contributed by atoms with van der Waals surface area (Å²) in [5.74, 6) is 0.555. The first-order chi connectivity index (χ1) is 9.00. The largest absolute Gasteiger partial charge is 0.493 e. The molecule has 1 aromatic rings. The van der Waals surface area contributed by atoms with Crippen molar-refractivity contribution in [1.29, 1.82) is 0 Å². The molecule has 0 heterocycles. The van der Waals surface area contributed by atoms with Crippen LogP contribution < -0.4 is 4.74 Å². The van der Waals surface area contributed by atoms with Gasteiger partial charge in [-0.25, -0.2) is 0 Å². The molecule has 0 aliphatic rings. The number of benzene rings is 1. The highest BCUT2D eigenvalue weighted by molar-refractivity contribution is 5.66. The average molecular weight is 266 g/mol. The Labute approximate surface area is 116 Å². The third-order valence-corrected chi connectivity index (χ3v) is 2.67. The first kappa shape index (κ1) is 17.5. The van der Waals surface area contributed by atoms with Crippen LogP contribution in [0.15, 0.2) is 18.2 Å². The number of carbonyl (C=O) groups is 1. The number of aliphatic carboxylic acids is 1. The van der Waals surface area contributed by atoms with Crippen molar-refractivity contribution < 1.29 is 14.6 Å². The van der Waals surface area contributed by atoms with Gasteiger partial charge in [0.15, 0.2) is 0 Å². The van der Waals surface area contributed by atoms with Gasteiger partial charge in [0.1, 0.15) is 5.75 Å². The van der Waals surface area contributed by atoms with Crippen molar-refractivity contribution in [3.05, 3.63) is 29.3 Å². The van der Waals surface area contributed by atoms with E-state index >= 15 is 0 Å². The Morgan fingerprint density at radius 1 is 1.32 bits per heavy atom. The van der Waals surface area contributed by atoms with Crippen LogP contribution in [0, 0.1) is 6.92 Å². The van der Waals surface area contributed by atoms with Crippen molar-refractivity contribution in [3.8, 4) is 5.75 Å². The van der Waals surface area contributed by atoms with Crippen LogP contribution in [0.3, 0.4) is 0 Å². The Morgan fingerprint density at radius 3 is 2.47 bits per heavy atom. The van der Waals surface area contributed by atoms with Crippen LogP contribution in [-0.4, -0.2) is 17.7 Å². The lowest BCUT2D eigenvalue weighted by Crippen LogP contribution is -2.03. The Kier molecular flexibility index (Phi) is 8.68. The van der Waals surface area contributed by atoms with Crippen molar-refractivity contribution >= 4 is 5.97 Å². The van der Waals surface area contributed by atoms with E-state index in [1.807, 2.05) is 32.9 Å². The number of ether oxygens (including phenoxy) is 1. The van der Waals surface area contributed by atoms with Gasteiger partial charge in [0.2, 0.25) is 0 Å². The predicted molar refractivity (Wildman–Crippen MR) is 79.0 cm³/mol. The molecule has 108 valence electrons. The summed E-state index contributed by atoms with van der Waals surface area (Å²) in [7, 11) is 0. The fraction of sp³-hybridized carbons (Fsp3) is 0.562. The van der Waals surface area contributed by atoms with E-state index < -0.39 is 5.97 Å². The van der Waals surface area contributed by atoms with Crippen LogP contribution in [0.25, 0.3) is 0 Å². The summed E-state index contributed by atoms with van der Waals surface area (Å²) in [4.78, 5) is 10.4. The molecule has 1 N–H and O–H groups in total. The first-order valence-corrected chi connectivity index (χ1v) is 6.96. The summed E-state index contributed by atoms with van der Waals surface area (Å²) in [6, 6.07) is 6.19. The van der Waals surface area contributed by atoms with E-state index in [0.29, 0.717) is 18.9 Å². The molecule has 0 bridgehead atoms. The zero-order valence-electron chi connectivity index (χ0n) is 12.7. The van der Waals surface area contributed by atoms with Crippen LogP contribution >= 0.6 is 0 Å². The summed E-state index contributed by atoms with van der Waals surface area (Å²) in [6.45, 7) is 10.7. The highest BCUT2D eigenvalue weighted by Crippen LogP contribution is 2.24. The smallest absolute Gasteiger partial charge is 0.303 e. The zero-order valence-corrected chi connectivity index (χ0v) is 12.7. The molecule has 0 unspecified atom stereocenters. The molecule has 0 saturated heterocycles. The number of rotatable bonds is 6. The average Bonchev–Trinajstić information content (AvgIpc) is 2.38. The Hall–Kier alpha value is -1.51. The van der Waals surface area contributed by atoms with Gasteiger partial charge in [-0.2, -0.15) is 0 Å². The molecule has 3 heteroatoms. The molecule has 0 amide bonds. The minimum absolute atomic E-state index is 0.156. The van der Waals surface area contributed by atoms with Gasteiger partial charge >= 0.3 is 5.97 Å². The van der Waals surface area contributed by atoms with Gasteiger partial charge in [-0.05, 0) is 36.5 Å². The van der Waals surface area contributed by atoms with Crippen molar-refractivity contribution in [2.75, 3.05) is 6.61 Å². The van der Waals surface area contributed by atoms with Gasteiger partial charge in [0.05, 0.1) is 6.61 Å². The van der Waals surface area contributed by atoms with E-state index in [9.17, 15) is 4.79 Å². The minimum atomic E-state index is -0.777. The molecule has 3 nitrogen and oxygen atoms in total. The zero-order chi connectivity index (χ0) is 14.8. The highest BCUT2D eigenvalue weighted by atomic mass is 16.5. The SMILES string of the molecule is CC.Cc1ccc(C(C)C)cc1OCCCC(=O)O. The summed E-state index contributed by atoms with van der Waals surface area (Å²) < 4.78 is 5.61. The Balaban J connectivity index is 0.00000154. The maximum absolute atomic E-state index is 10.4. The molecule has 0 radical (unpaired) electrons. The topological polar surface area (TPSA) is 46.5 Å². The molecular formula is C16H26O3. The van der Waals surface area contributed by atoms with E-state index in [1.165, 1.54) is 5.56 Å². The van der Waals surface area contributed by atoms with E-state index in [-0.39, 0.29) is 6.42 Å². The normalized spacial score (nSPS) is 9.79. The molecular weight excluding hydrogens is 240 g/mol.